The Morgan fingerprint density at radius 1 is 1.45 bits per heavy atom. The van der Waals surface area contributed by atoms with Crippen molar-refractivity contribution < 1.29 is 14.4 Å². The summed E-state index contributed by atoms with van der Waals surface area (Å²) in [5.41, 5.74) is 1.15. The van der Waals surface area contributed by atoms with E-state index in [9.17, 15) is 4.39 Å². The highest BCUT2D eigenvalue weighted by molar-refractivity contribution is 6.51. The Morgan fingerprint density at radius 2 is 2.09 bits per heavy atom. The Morgan fingerprint density at radius 3 is 2.55 bits per heavy atom. The largest absolute Gasteiger partial charge is 0.484 e. The van der Waals surface area contributed by atoms with Crippen molar-refractivity contribution in [1.82, 2.24) is 0 Å². The summed E-state index contributed by atoms with van der Waals surface area (Å²) in [5.74, 6) is -0.188. The normalized spacial score (nSPS) is 18.4. The molecule has 2 N–H and O–H groups in total. The molecule has 0 bridgehead atoms. The van der Waals surface area contributed by atoms with Gasteiger partial charge in [-0.2, -0.15) is 0 Å². The predicted octanol–water partition coefficient (Wildman–Crippen LogP) is 0.962. The van der Waals surface area contributed by atoms with E-state index in [0.717, 1.165) is 0 Å². The van der Waals surface area contributed by atoms with Crippen molar-refractivity contribution in [3.63, 3.8) is 0 Å². The van der Waals surface area contributed by atoms with Crippen LogP contribution >= 0.6 is 0 Å². The fraction of sp³-hybridized carbons (Fsp3) is 0.429. The first-order chi connectivity index (χ1) is 5.11. The monoisotopic (exact) mass is 156 g/mol. The van der Waals surface area contributed by atoms with Gasteiger partial charge in [-0.1, -0.05) is 5.57 Å². The van der Waals surface area contributed by atoms with Crippen LogP contribution in [0.5, 0.6) is 0 Å². The molecule has 0 radical (unpaired) electrons. The zero-order chi connectivity index (χ0) is 8.43. The maximum Gasteiger partial charge on any atom is 0.484 e. The van der Waals surface area contributed by atoms with Crippen molar-refractivity contribution in [1.29, 1.82) is 0 Å². The van der Waals surface area contributed by atoms with E-state index in [1.807, 2.05) is 0 Å². The van der Waals surface area contributed by atoms with Crippen LogP contribution in [0.1, 0.15) is 19.8 Å². The fourth-order valence-electron chi connectivity index (χ4n) is 1.18. The molecule has 0 fully saturated rings. The average Bonchev–Trinajstić information content (AvgIpc) is 1.85. The van der Waals surface area contributed by atoms with Crippen LogP contribution in [0.3, 0.4) is 0 Å². The number of rotatable bonds is 1. The third-order valence-electron chi connectivity index (χ3n) is 1.82. The van der Waals surface area contributed by atoms with Gasteiger partial charge in [0.15, 0.2) is 0 Å². The van der Waals surface area contributed by atoms with Gasteiger partial charge in [-0.15, -0.1) is 0 Å². The van der Waals surface area contributed by atoms with Gasteiger partial charge in [0.2, 0.25) is 0 Å². The van der Waals surface area contributed by atoms with E-state index in [-0.39, 0.29) is 12.2 Å². The van der Waals surface area contributed by atoms with Crippen LogP contribution in [0.25, 0.3) is 0 Å². The van der Waals surface area contributed by atoms with E-state index >= 15 is 0 Å². The molecular formula is C7H10BFO2. The molecule has 11 heavy (non-hydrogen) atoms. The molecule has 0 heterocycles. The molecule has 0 aromatic carbocycles. The van der Waals surface area contributed by atoms with Crippen LogP contribution in [0.2, 0.25) is 0 Å². The maximum absolute atomic E-state index is 12.5. The summed E-state index contributed by atoms with van der Waals surface area (Å²) >= 11 is 0. The molecule has 4 heteroatoms. The molecule has 0 aromatic rings. The molecule has 2 nitrogen and oxygen atoms in total. The van der Waals surface area contributed by atoms with Gasteiger partial charge in [0.1, 0.15) is 5.83 Å². The molecule has 1 aliphatic rings. The zero-order valence-electron chi connectivity index (χ0n) is 6.34. The Hall–Kier alpha value is -0.605. The Kier molecular flexibility index (Phi) is 2.47. The predicted molar refractivity (Wildman–Crippen MR) is 41.3 cm³/mol. The van der Waals surface area contributed by atoms with Crippen LogP contribution in [0.15, 0.2) is 22.9 Å². The number of allylic oxidation sites excluding steroid dienone is 4. The molecule has 0 saturated heterocycles. The summed E-state index contributed by atoms with van der Waals surface area (Å²) in [7, 11) is -1.43. The summed E-state index contributed by atoms with van der Waals surface area (Å²) < 4.78 is 12.5. The van der Waals surface area contributed by atoms with Gasteiger partial charge in [0.05, 0.1) is 0 Å². The van der Waals surface area contributed by atoms with E-state index in [2.05, 4.69) is 0 Å². The van der Waals surface area contributed by atoms with Crippen molar-refractivity contribution in [3.05, 3.63) is 22.9 Å². The molecule has 0 spiro atoms. The third kappa shape index (κ3) is 1.91. The van der Waals surface area contributed by atoms with E-state index < -0.39 is 7.12 Å². The van der Waals surface area contributed by atoms with Crippen molar-refractivity contribution >= 4 is 7.12 Å². The molecular weight excluding hydrogens is 146 g/mol. The second-order valence-electron chi connectivity index (χ2n) is 2.67. The Bertz CT molecular complexity index is 220. The van der Waals surface area contributed by atoms with E-state index in [4.69, 9.17) is 10.0 Å². The average molecular weight is 156 g/mol. The first-order valence-corrected chi connectivity index (χ1v) is 3.53. The van der Waals surface area contributed by atoms with Crippen LogP contribution < -0.4 is 0 Å². The van der Waals surface area contributed by atoms with Crippen molar-refractivity contribution in [3.8, 4) is 0 Å². The minimum atomic E-state index is -1.43. The van der Waals surface area contributed by atoms with Gasteiger partial charge in [0.25, 0.3) is 0 Å². The topological polar surface area (TPSA) is 40.5 Å². The zero-order valence-corrected chi connectivity index (χ0v) is 6.34. The maximum atomic E-state index is 12.5. The summed E-state index contributed by atoms with van der Waals surface area (Å²) in [6.07, 6.45) is 2.04. The number of hydrogen-bond donors (Lipinski definition) is 2. The molecule has 0 amide bonds. The van der Waals surface area contributed by atoms with Crippen LogP contribution in [-0.4, -0.2) is 17.2 Å². The van der Waals surface area contributed by atoms with Gasteiger partial charge in [-0.25, -0.2) is 4.39 Å². The number of halogens is 1. The Labute approximate surface area is 65.2 Å². The molecule has 0 saturated carbocycles. The third-order valence-corrected chi connectivity index (χ3v) is 1.82. The highest BCUT2D eigenvalue weighted by Crippen LogP contribution is 2.24. The molecule has 0 aliphatic heterocycles. The van der Waals surface area contributed by atoms with Crippen molar-refractivity contribution in [2.45, 2.75) is 19.8 Å². The molecule has 1 rings (SSSR count). The lowest BCUT2D eigenvalue weighted by atomic mass is 9.72. The summed E-state index contributed by atoms with van der Waals surface area (Å²) in [6.45, 7) is 1.67. The van der Waals surface area contributed by atoms with E-state index in [0.29, 0.717) is 17.5 Å². The first kappa shape index (κ1) is 8.49. The van der Waals surface area contributed by atoms with Crippen LogP contribution in [0.4, 0.5) is 4.39 Å². The second-order valence-corrected chi connectivity index (χ2v) is 2.67. The van der Waals surface area contributed by atoms with E-state index in [1.165, 1.54) is 6.08 Å². The highest BCUT2D eigenvalue weighted by atomic mass is 19.1. The SMILES string of the molecule is CC1=C(B(O)O)CCC(F)=C1. The van der Waals surface area contributed by atoms with Crippen LogP contribution in [0, 0.1) is 0 Å². The van der Waals surface area contributed by atoms with Crippen molar-refractivity contribution in [2.75, 3.05) is 0 Å². The molecule has 0 atom stereocenters. The fourth-order valence-corrected chi connectivity index (χ4v) is 1.18. The lowest BCUT2D eigenvalue weighted by Crippen LogP contribution is -2.18. The molecule has 0 unspecified atom stereocenters. The number of hydrogen-bond acceptors (Lipinski definition) is 2. The highest BCUT2D eigenvalue weighted by Gasteiger charge is 2.20. The van der Waals surface area contributed by atoms with Gasteiger partial charge >= 0.3 is 7.12 Å². The van der Waals surface area contributed by atoms with Gasteiger partial charge < -0.3 is 10.0 Å². The standard InChI is InChI=1S/C7H10BFO2/c1-5-4-6(9)2-3-7(5)8(10)11/h4,10-11H,2-3H2,1H3. The summed E-state index contributed by atoms with van der Waals surface area (Å²) in [6, 6.07) is 0. The molecule has 60 valence electrons. The smallest absolute Gasteiger partial charge is 0.423 e. The lowest BCUT2D eigenvalue weighted by Gasteiger charge is -2.12. The summed E-state index contributed by atoms with van der Waals surface area (Å²) in [5, 5.41) is 17.6. The van der Waals surface area contributed by atoms with Gasteiger partial charge in [0, 0.05) is 6.42 Å². The molecule has 1 aliphatic carbocycles. The van der Waals surface area contributed by atoms with Gasteiger partial charge in [-0.3, -0.25) is 0 Å². The molecule has 0 aromatic heterocycles. The summed E-state index contributed by atoms with van der Waals surface area (Å²) in [4.78, 5) is 0. The minimum Gasteiger partial charge on any atom is -0.423 e. The van der Waals surface area contributed by atoms with Crippen molar-refractivity contribution in [2.24, 2.45) is 0 Å². The quantitative estimate of drug-likeness (QED) is 0.555. The minimum absolute atomic E-state index is 0.188. The Balaban J connectivity index is 2.86. The van der Waals surface area contributed by atoms with Gasteiger partial charge in [-0.05, 0) is 24.9 Å². The van der Waals surface area contributed by atoms with Crippen LogP contribution in [-0.2, 0) is 0 Å². The second kappa shape index (κ2) is 3.20. The first-order valence-electron chi connectivity index (χ1n) is 3.53. The lowest BCUT2D eigenvalue weighted by molar-refractivity contribution is 0.414. The van der Waals surface area contributed by atoms with E-state index in [1.54, 1.807) is 6.92 Å².